The van der Waals surface area contributed by atoms with Gasteiger partial charge in [0.05, 0.1) is 18.8 Å². The highest BCUT2D eigenvalue weighted by Crippen LogP contribution is 2.35. The van der Waals surface area contributed by atoms with Crippen molar-refractivity contribution in [3.05, 3.63) is 36.0 Å². The zero-order valence-corrected chi connectivity index (χ0v) is 10.2. The van der Waals surface area contributed by atoms with Crippen LogP contribution in [0.4, 0.5) is 0 Å². The lowest BCUT2D eigenvalue weighted by Gasteiger charge is -2.05. The van der Waals surface area contributed by atoms with E-state index in [-0.39, 0.29) is 0 Å². The molecule has 0 atom stereocenters. The van der Waals surface area contributed by atoms with Gasteiger partial charge in [-0.1, -0.05) is 0 Å². The largest absolute Gasteiger partial charge is 0.497 e. The Bertz CT molecular complexity index is 585. The summed E-state index contributed by atoms with van der Waals surface area (Å²) in [7, 11) is 1.61. The molecule has 3 rings (SSSR count). The average molecular weight is 242 g/mol. The van der Waals surface area contributed by atoms with Gasteiger partial charge in [0.1, 0.15) is 5.75 Å². The highest BCUT2D eigenvalue weighted by atomic mass is 16.5. The lowest BCUT2D eigenvalue weighted by molar-refractivity contribution is 0.112. The number of methoxy groups -OCH3 is 1. The summed E-state index contributed by atoms with van der Waals surface area (Å²) in [5, 5.41) is 4.53. The van der Waals surface area contributed by atoms with Crippen molar-refractivity contribution in [3.63, 3.8) is 0 Å². The van der Waals surface area contributed by atoms with Gasteiger partial charge in [-0.25, -0.2) is 0 Å². The van der Waals surface area contributed by atoms with E-state index in [9.17, 15) is 4.79 Å². The Labute approximate surface area is 105 Å². The summed E-state index contributed by atoms with van der Waals surface area (Å²) in [5.74, 6) is 0.733. The maximum atomic E-state index is 11.1. The Morgan fingerprint density at radius 1 is 1.39 bits per heavy atom. The first kappa shape index (κ1) is 11.0. The molecule has 1 fully saturated rings. The molecular formula is C14H14N2O2. The maximum Gasteiger partial charge on any atom is 0.150 e. The molecule has 1 aromatic heterocycles. The zero-order chi connectivity index (χ0) is 12.5. The second kappa shape index (κ2) is 4.29. The highest BCUT2D eigenvalue weighted by molar-refractivity contribution is 5.87. The fourth-order valence-corrected chi connectivity index (χ4v) is 2.01. The van der Waals surface area contributed by atoms with Gasteiger partial charge in [-0.15, -0.1) is 0 Å². The molecule has 4 heteroatoms. The van der Waals surface area contributed by atoms with Crippen molar-refractivity contribution in [2.45, 2.75) is 18.9 Å². The van der Waals surface area contributed by atoms with Gasteiger partial charge in [-0.05, 0) is 37.1 Å². The van der Waals surface area contributed by atoms with Gasteiger partial charge in [0.15, 0.2) is 6.29 Å². The van der Waals surface area contributed by atoms with E-state index >= 15 is 0 Å². The van der Waals surface area contributed by atoms with E-state index in [1.165, 1.54) is 12.8 Å². The molecule has 0 bridgehead atoms. The number of aromatic nitrogens is 2. The van der Waals surface area contributed by atoms with Crippen molar-refractivity contribution in [1.82, 2.24) is 9.78 Å². The average Bonchev–Trinajstić information content (AvgIpc) is 3.16. The topological polar surface area (TPSA) is 44.1 Å². The van der Waals surface area contributed by atoms with Crippen LogP contribution < -0.4 is 4.74 Å². The minimum absolute atomic E-state index is 0.545. The molecule has 0 saturated heterocycles. The molecule has 0 radical (unpaired) electrons. The Morgan fingerprint density at radius 3 is 2.89 bits per heavy atom. The van der Waals surface area contributed by atoms with Gasteiger partial charge < -0.3 is 4.74 Å². The van der Waals surface area contributed by atoms with E-state index in [1.807, 2.05) is 23.0 Å². The highest BCUT2D eigenvalue weighted by Gasteiger charge is 2.24. The van der Waals surface area contributed by atoms with Gasteiger partial charge in [-0.3, -0.25) is 9.48 Å². The predicted molar refractivity (Wildman–Crippen MR) is 67.9 cm³/mol. The van der Waals surface area contributed by atoms with Gasteiger partial charge >= 0.3 is 0 Å². The molecule has 1 aromatic carbocycles. The molecular weight excluding hydrogens is 228 g/mol. The van der Waals surface area contributed by atoms with Gasteiger partial charge in [-0.2, -0.15) is 5.10 Å². The number of carbonyl (C=O) groups excluding carboxylic acids is 1. The second-order valence-electron chi connectivity index (χ2n) is 4.48. The molecule has 0 spiro atoms. The van der Waals surface area contributed by atoms with Crippen LogP contribution in [0.5, 0.6) is 5.75 Å². The minimum Gasteiger partial charge on any atom is -0.497 e. The van der Waals surface area contributed by atoms with Gasteiger partial charge in [0.2, 0.25) is 0 Å². The first-order valence-corrected chi connectivity index (χ1v) is 6.00. The van der Waals surface area contributed by atoms with Crippen LogP contribution in [-0.4, -0.2) is 23.2 Å². The summed E-state index contributed by atoms with van der Waals surface area (Å²) in [6, 6.07) is 7.88. The second-order valence-corrected chi connectivity index (χ2v) is 4.48. The number of rotatable bonds is 4. The Balaban J connectivity index is 2.04. The SMILES string of the molecule is COc1ccc(C=O)c(-c2ccn(C3CC3)n2)c1. The number of ether oxygens (including phenoxy) is 1. The smallest absolute Gasteiger partial charge is 0.150 e. The van der Waals surface area contributed by atoms with Crippen LogP contribution in [0.1, 0.15) is 29.2 Å². The molecule has 1 aliphatic carbocycles. The number of aldehydes is 1. The number of nitrogens with zero attached hydrogens (tertiary/aromatic N) is 2. The summed E-state index contributed by atoms with van der Waals surface area (Å²) < 4.78 is 7.17. The van der Waals surface area contributed by atoms with Crippen molar-refractivity contribution >= 4 is 6.29 Å². The van der Waals surface area contributed by atoms with Crippen molar-refractivity contribution < 1.29 is 9.53 Å². The predicted octanol–water partition coefficient (Wildman–Crippen LogP) is 2.71. The van der Waals surface area contributed by atoms with Crippen molar-refractivity contribution in [1.29, 1.82) is 0 Å². The van der Waals surface area contributed by atoms with E-state index in [0.29, 0.717) is 11.6 Å². The van der Waals surface area contributed by atoms with Crippen LogP contribution in [0.2, 0.25) is 0 Å². The monoisotopic (exact) mass is 242 g/mol. The number of hydrogen-bond acceptors (Lipinski definition) is 3. The molecule has 92 valence electrons. The van der Waals surface area contributed by atoms with Crippen molar-refractivity contribution in [2.75, 3.05) is 7.11 Å². The van der Waals surface area contributed by atoms with Crippen molar-refractivity contribution in [3.8, 4) is 17.0 Å². The van der Waals surface area contributed by atoms with E-state index in [0.717, 1.165) is 23.3 Å². The van der Waals surface area contributed by atoms with Crippen LogP contribution >= 0.6 is 0 Å². The van der Waals surface area contributed by atoms with E-state index in [1.54, 1.807) is 19.2 Å². The fourth-order valence-electron chi connectivity index (χ4n) is 2.01. The molecule has 18 heavy (non-hydrogen) atoms. The first-order valence-electron chi connectivity index (χ1n) is 6.00. The Hall–Kier alpha value is -2.10. The summed E-state index contributed by atoms with van der Waals surface area (Å²) in [6.45, 7) is 0. The van der Waals surface area contributed by atoms with E-state index in [2.05, 4.69) is 5.10 Å². The standard InChI is InChI=1S/C14H14N2O2/c1-18-12-5-2-10(9-17)13(8-12)14-6-7-16(15-14)11-3-4-11/h2,5-9,11H,3-4H2,1H3. The molecule has 0 N–H and O–H groups in total. The third-order valence-corrected chi connectivity index (χ3v) is 3.19. The Kier molecular flexibility index (Phi) is 2.63. The molecule has 0 aliphatic heterocycles. The van der Waals surface area contributed by atoms with Gasteiger partial charge in [0, 0.05) is 17.3 Å². The Morgan fingerprint density at radius 2 is 2.22 bits per heavy atom. The maximum absolute atomic E-state index is 11.1. The number of hydrogen-bond donors (Lipinski definition) is 0. The van der Waals surface area contributed by atoms with Crippen LogP contribution in [0.15, 0.2) is 30.5 Å². The molecule has 2 aromatic rings. The number of carbonyl (C=O) groups is 1. The number of benzene rings is 1. The lowest BCUT2D eigenvalue weighted by atomic mass is 10.1. The van der Waals surface area contributed by atoms with Crippen LogP contribution in [0.25, 0.3) is 11.3 Å². The van der Waals surface area contributed by atoms with E-state index < -0.39 is 0 Å². The van der Waals surface area contributed by atoms with Gasteiger partial charge in [0.25, 0.3) is 0 Å². The first-order chi connectivity index (χ1) is 8.81. The van der Waals surface area contributed by atoms with E-state index in [4.69, 9.17) is 4.74 Å². The van der Waals surface area contributed by atoms with Crippen molar-refractivity contribution in [2.24, 2.45) is 0 Å². The fraction of sp³-hybridized carbons (Fsp3) is 0.286. The molecule has 1 aliphatic rings. The molecule has 1 saturated carbocycles. The lowest BCUT2D eigenvalue weighted by Crippen LogP contribution is -1.95. The molecule has 0 unspecified atom stereocenters. The third kappa shape index (κ3) is 1.90. The molecule has 0 amide bonds. The summed E-state index contributed by atoms with van der Waals surface area (Å²) >= 11 is 0. The third-order valence-electron chi connectivity index (χ3n) is 3.19. The summed E-state index contributed by atoms with van der Waals surface area (Å²) in [4.78, 5) is 11.1. The van der Waals surface area contributed by atoms with Crippen LogP contribution in [-0.2, 0) is 0 Å². The summed E-state index contributed by atoms with van der Waals surface area (Å²) in [5.41, 5.74) is 2.28. The quantitative estimate of drug-likeness (QED) is 0.774. The molecule has 1 heterocycles. The minimum atomic E-state index is 0.545. The van der Waals surface area contributed by atoms with Crippen LogP contribution in [0, 0.1) is 0 Å². The normalized spacial score (nSPS) is 14.5. The van der Waals surface area contributed by atoms with Crippen LogP contribution in [0.3, 0.4) is 0 Å². The summed E-state index contributed by atoms with van der Waals surface area (Å²) in [6.07, 6.45) is 5.21. The molecule has 4 nitrogen and oxygen atoms in total. The zero-order valence-electron chi connectivity index (χ0n) is 10.2.